The first-order chi connectivity index (χ1) is 14.5. The number of nitrogens with one attached hydrogen (secondary N) is 2. The summed E-state index contributed by atoms with van der Waals surface area (Å²) in [6, 6.07) is 5.39. The van der Waals surface area contributed by atoms with Gasteiger partial charge in [0.2, 0.25) is 0 Å². The number of thiophene rings is 1. The first kappa shape index (κ1) is 20.7. The number of thiazole rings is 1. The molecule has 3 heterocycles. The third-order valence-electron chi connectivity index (χ3n) is 4.68. The van der Waals surface area contributed by atoms with Crippen LogP contribution >= 0.6 is 22.7 Å². The summed E-state index contributed by atoms with van der Waals surface area (Å²) in [5, 5.41) is 6.76. The molecule has 1 fully saturated rings. The van der Waals surface area contributed by atoms with E-state index in [1.165, 1.54) is 17.4 Å². The number of carbonyl (C=O) groups excluding carboxylic acids is 1. The summed E-state index contributed by atoms with van der Waals surface area (Å²) in [6.45, 7) is 3.67. The summed E-state index contributed by atoms with van der Waals surface area (Å²) in [7, 11) is 0. The van der Waals surface area contributed by atoms with Crippen LogP contribution in [0.2, 0.25) is 0 Å². The van der Waals surface area contributed by atoms with E-state index in [9.17, 15) is 13.6 Å². The number of ether oxygens (including phenoxy) is 1. The van der Waals surface area contributed by atoms with Crippen molar-refractivity contribution in [1.29, 1.82) is 0 Å². The second kappa shape index (κ2) is 8.66. The van der Waals surface area contributed by atoms with Crippen molar-refractivity contribution in [2.45, 2.75) is 25.9 Å². The number of nitrogen functional groups attached to an aromatic ring is 1. The Bertz CT molecular complexity index is 1060. The highest BCUT2D eigenvalue weighted by Crippen LogP contribution is 2.38. The smallest absolute Gasteiger partial charge is 0.277 e. The van der Waals surface area contributed by atoms with Gasteiger partial charge in [-0.3, -0.25) is 4.79 Å². The predicted octanol–water partition coefficient (Wildman–Crippen LogP) is 4.29. The topological polar surface area (TPSA) is 89.3 Å². The van der Waals surface area contributed by atoms with Gasteiger partial charge in [-0.25, -0.2) is 13.8 Å². The number of nitrogens with two attached hydrogens (primary N) is 1. The number of aryl methyl sites for hydroxylation is 1. The summed E-state index contributed by atoms with van der Waals surface area (Å²) in [5.41, 5.74) is 6.12. The minimum Gasteiger partial charge on any atom is -0.478 e. The van der Waals surface area contributed by atoms with E-state index >= 15 is 0 Å². The number of anilines is 2. The van der Waals surface area contributed by atoms with E-state index in [4.69, 9.17) is 10.5 Å². The number of halogens is 2. The number of amides is 1. The van der Waals surface area contributed by atoms with Gasteiger partial charge < -0.3 is 21.1 Å². The zero-order chi connectivity index (χ0) is 21.3. The number of carbonyl (C=O) groups is 1. The maximum Gasteiger partial charge on any atom is 0.277 e. The first-order valence-electron chi connectivity index (χ1n) is 9.48. The van der Waals surface area contributed by atoms with Crippen LogP contribution in [0.25, 0.3) is 10.6 Å². The molecule has 0 radical (unpaired) electrons. The molecule has 0 unspecified atom stereocenters. The largest absolute Gasteiger partial charge is 0.478 e. The van der Waals surface area contributed by atoms with Crippen LogP contribution in [0, 0.1) is 11.6 Å². The van der Waals surface area contributed by atoms with Crippen LogP contribution in [-0.2, 0) is 6.42 Å². The van der Waals surface area contributed by atoms with Gasteiger partial charge in [0.25, 0.3) is 5.91 Å². The highest BCUT2D eigenvalue weighted by molar-refractivity contribution is 7.19. The van der Waals surface area contributed by atoms with Gasteiger partial charge in [-0.2, -0.15) is 0 Å². The molecule has 1 aromatic carbocycles. The molecule has 30 heavy (non-hydrogen) atoms. The number of hydrogen-bond donors (Lipinski definition) is 3. The molecule has 1 amide bonds. The second-order valence-corrected chi connectivity index (χ2v) is 8.91. The molecular weight excluding hydrogens is 430 g/mol. The monoisotopic (exact) mass is 450 g/mol. The first-order valence-corrected chi connectivity index (χ1v) is 11.1. The van der Waals surface area contributed by atoms with E-state index in [2.05, 4.69) is 15.6 Å². The van der Waals surface area contributed by atoms with Gasteiger partial charge in [0.1, 0.15) is 27.7 Å². The lowest BCUT2D eigenvalue weighted by Gasteiger charge is -2.12. The van der Waals surface area contributed by atoms with Gasteiger partial charge in [0.05, 0.1) is 11.3 Å². The van der Waals surface area contributed by atoms with Crippen LogP contribution in [0.4, 0.5) is 19.5 Å². The molecule has 6 nitrogen and oxygen atoms in total. The molecule has 1 aliphatic heterocycles. The number of aromatic nitrogens is 1. The Labute approximate surface area is 180 Å². The van der Waals surface area contributed by atoms with Crippen LogP contribution < -0.4 is 21.1 Å². The van der Waals surface area contributed by atoms with Gasteiger partial charge in [-0.15, -0.1) is 11.3 Å². The number of nitrogens with zero attached hydrogens (tertiary/aromatic N) is 1. The van der Waals surface area contributed by atoms with E-state index in [1.54, 1.807) is 0 Å². The van der Waals surface area contributed by atoms with Crippen LogP contribution in [0.5, 0.6) is 5.06 Å². The Kier molecular flexibility index (Phi) is 5.98. The second-order valence-electron chi connectivity index (χ2n) is 6.78. The number of hydrogen-bond acceptors (Lipinski definition) is 7. The van der Waals surface area contributed by atoms with Gasteiger partial charge in [0, 0.05) is 11.4 Å². The highest BCUT2D eigenvalue weighted by Gasteiger charge is 2.24. The van der Waals surface area contributed by atoms with E-state index in [0.717, 1.165) is 54.3 Å². The molecule has 4 rings (SSSR count). The summed E-state index contributed by atoms with van der Waals surface area (Å²) >= 11 is 2.34. The fourth-order valence-corrected chi connectivity index (χ4v) is 4.98. The van der Waals surface area contributed by atoms with Crippen molar-refractivity contribution in [3.63, 3.8) is 0 Å². The quantitative estimate of drug-likeness (QED) is 0.521. The van der Waals surface area contributed by atoms with Crippen molar-refractivity contribution >= 4 is 39.3 Å². The molecule has 3 aromatic rings. The zero-order valence-electron chi connectivity index (χ0n) is 16.1. The summed E-state index contributed by atoms with van der Waals surface area (Å²) in [5.74, 6) is -2.08. The summed E-state index contributed by atoms with van der Waals surface area (Å²) in [4.78, 5) is 18.0. The third kappa shape index (κ3) is 4.16. The molecule has 0 saturated carbocycles. The Morgan fingerprint density at radius 3 is 2.80 bits per heavy atom. The van der Waals surface area contributed by atoms with E-state index < -0.39 is 17.5 Å². The normalized spacial score (nSPS) is 16.0. The lowest BCUT2D eigenvalue weighted by molar-refractivity contribution is 0.102. The van der Waals surface area contributed by atoms with Gasteiger partial charge in [-0.05, 0) is 37.6 Å². The Morgan fingerprint density at radius 1 is 1.37 bits per heavy atom. The standard InChI is InChI=1S/C20H20F2N4O2S2/c1-2-11-8-14(20(29-11)28-10-6-7-24-9-10)25-18(27)16-17(23)30-19(26-16)15-12(21)4-3-5-13(15)22/h3-5,8,10,24H,2,6-7,9,23H2,1H3,(H,25,27)/t10-/m1/s1. The fraction of sp³-hybridized carbons (Fsp3) is 0.300. The SMILES string of the molecule is CCc1cc(NC(=O)c2nc(-c3c(F)cccc3F)sc2N)c(O[C@@H]2CCNC2)s1. The molecule has 1 saturated heterocycles. The Morgan fingerprint density at radius 2 is 2.13 bits per heavy atom. The maximum atomic E-state index is 14.1. The zero-order valence-corrected chi connectivity index (χ0v) is 17.8. The lowest BCUT2D eigenvalue weighted by atomic mass is 10.2. The van der Waals surface area contributed by atoms with Crippen LogP contribution in [0.1, 0.15) is 28.7 Å². The van der Waals surface area contributed by atoms with E-state index in [1.807, 2.05) is 13.0 Å². The molecule has 1 atom stereocenters. The third-order valence-corrected chi connectivity index (χ3v) is 6.75. The lowest BCUT2D eigenvalue weighted by Crippen LogP contribution is -2.20. The van der Waals surface area contributed by atoms with E-state index in [-0.39, 0.29) is 27.4 Å². The molecule has 0 aliphatic carbocycles. The van der Waals surface area contributed by atoms with Crippen molar-refractivity contribution in [3.05, 3.63) is 46.5 Å². The molecular formula is C20H20F2N4O2S2. The molecule has 158 valence electrons. The molecule has 4 N–H and O–H groups in total. The summed E-state index contributed by atoms with van der Waals surface area (Å²) < 4.78 is 34.2. The Balaban J connectivity index is 1.59. The van der Waals surface area contributed by atoms with Crippen molar-refractivity contribution < 1.29 is 18.3 Å². The van der Waals surface area contributed by atoms with Crippen molar-refractivity contribution in [2.75, 3.05) is 24.1 Å². The van der Waals surface area contributed by atoms with Crippen molar-refractivity contribution in [3.8, 4) is 15.6 Å². The van der Waals surface area contributed by atoms with E-state index in [0.29, 0.717) is 10.8 Å². The van der Waals surface area contributed by atoms with Crippen LogP contribution in [-0.4, -0.2) is 30.1 Å². The molecule has 0 spiro atoms. The average Bonchev–Trinajstić information content (AvgIpc) is 3.43. The maximum absolute atomic E-state index is 14.1. The van der Waals surface area contributed by atoms with Crippen molar-refractivity contribution in [1.82, 2.24) is 10.3 Å². The summed E-state index contributed by atoms with van der Waals surface area (Å²) in [6.07, 6.45) is 1.74. The predicted molar refractivity (Wildman–Crippen MR) is 115 cm³/mol. The minimum atomic E-state index is -0.762. The highest BCUT2D eigenvalue weighted by atomic mass is 32.1. The molecule has 1 aliphatic rings. The molecule has 0 bridgehead atoms. The number of benzene rings is 1. The minimum absolute atomic E-state index is 0.0151. The average molecular weight is 451 g/mol. The van der Waals surface area contributed by atoms with Crippen molar-refractivity contribution in [2.24, 2.45) is 0 Å². The van der Waals surface area contributed by atoms with Crippen LogP contribution in [0.15, 0.2) is 24.3 Å². The fourth-order valence-electron chi connectivity index (χ4n) is 3.14. The van der Waals surface area contributed by atoms with Crippen LogP contribution in [0.3, 0.4) is 0 Å². The molecule has 10 heteroatoms. The van der Waals surface area contributed by atoms with Gasteiger partial charge in [0.15, 0.2) is 10.8 Å². The number of rotatable bonds is 6. The Hall–Kier alpha value is -2.56. The van der Waals surface area contributed by atoms with Gasteiger partial charge in [-0.1, -0.05) is 24.3 Å². The molecule has 2 aromatic heterocycles. The van der Waals surface area contributed by atoms with Gasteiger partial charge >= 0.3 is 0 Å².